The van der Waals surface area contributed by atoms with E-state index in [-0.39, 0.29) is 0 Å². The molecule has 3 nitrogen and oxygen atoms in total. The number of methoxy groups -OCH3 is 1. The van der Waals surface area contributed by atoms with Crippen molar-refractivity contribution in [1.29, 1.82) is 0 Å². The average molecular weight is 193 g/mol. The van der Waals surface area contributed by atoms with E-state index in [9.17, 15) is 4.79 Å². The van der Waals surface area contributed by atoms with Gasteiger partial charge in [0.2, 0.25) is 0 Å². The van der Waals surface area contributed by atoms with Crippen molar-refractivity contribution in [3.63, 3.8) is 0 Å². The van der Waals surface area contributed by atoms with Crippen LogP contribution in [0.1, 0.15) is 22.3 Å². The Hall–Kier alpha value is -1.35. The largest absolute Gasteiger partial charge is 0.497 e. The monoisotopic (exact) mass is 193 g/mol. The van der Waals surface area contributed by atoms with E-state index in [1.54, 1.807) is 19.2 Å². The number of hydrogen-bond donors (Lipinski definition) is 1. The minimum absolute atomic E-state index is 0.634. The number of aryl methyl sites for hydroxylation is 1. The van der Waals surface area contributed by atoms with Gasteiger partial charge in [-0.05, 0) is 43.1 Å². The van der Waals surface area contributed by atoms with Crippen molar-refractivity contribution in [2.24, 2.45) is 5.73 Å². The number of hydrogen-bond acceptors (Lipinski definition) is 3. The van der Waals surface area contributed by atoms with Crippen LogP contribution in [-0.4, -0.2) is 19.9 Å². The first kappa shape index (κ1) is 10.7. The number of benzene rings is 1. The van der Waals surface area contributed by atoms with Gasteiger partial charge in [-0.1, -0.05) is 0 Å². The van der Waals surface area contributed by atoms with E-state index < -0.39 is 0 Å². The standard InChI is InChI=1S/C11H15NO2/c1-14-11-5-4-10(8-13)9(7-11)3-2-6-12/h4-5,7-8H,2-3,6,12H2,1H3. The van der Waals surface area contributed by atoms with Crippen molar-refractivity contribution in [1.82, 2.24) is 0 Å². The Bertz CT molecular complexity index is 310. The molecule has 0 amide bonds. The fourth-order valence-corrected chi connectivity index (χ4v) is 1.33. The molecule has 2 N–H and O–H groups in total. The zero-order valence-corrected chi connectivity index (χ0v) is 8.32. The molecule has 0 radical (unpaired) electrons. The normalized spacial score (nSPS) is 9.86. The molecule has 76 valence electrons. The Morgan fingerprint density at radius 3 is 2.86 bits per heavy atom. The molecule has 1 aromatic carbocycles. The summed E-state index contributed by atoms with van der Waals surface area (Å²) in [6, 6.07) is 5.45. The van der Waals surface area contributed by atoms with Crippen LogP contribution in [0.2, 0.25) is 0 Å². The van der Waals surface area contributed by atoms with Crippen LogP contribution >= 0.6 is 0 Å². The third kappa shape index (κ3) is 2.57. The molecule has 0 fully saturated rings. The third-order valence-corrected chi connectivity index (χ3v) is 2.13. The van der Waals surface area contributed by atoms with Crippen LogP contribution in [0.25, 0.3) is 0 Å². The summed E-state index contributed by atoms with van der Waals surface area (Å²) in [4.78, 5) is 10.7. The lowest BCUT2D eigenvalue weighted by atomic mass is 10.0. The van der Waals surface area contributed by atoms with Crippen LogP contribution < -0.4 is 10.5 Å². The molecule has 0 unspecified atom stereocenters. The summed E-state index contributed by atoms with van der Waals surface area (Å²) in [6.07, 6.45) is 2.57. The first-order chi connectivity index (χ1) is 6.81. The minimum Gasteiger partial charge on any atom is -0.497 e. The lowest BCUT2D eigenvalue weighted by Crippen LogP contribution is -2.02. The van der Waals surface area contributed by atoms with Crippen LogP contribution in [0, 0.1) is 0 Å². The van der Waals surface area contributed by atoms with E-state index >= 15 is 0 Å². The highest BCUT2D eigenvalue weighted by Crippen LogP contribution is 2.17. The molecule has 1 rings (SSSR count). The zero-order chi connectivity index (χ0) is 10.4. The van der Waals surface area contributed by atoms with E-state index in [4.69, 9.17) is 10.5 Å². The molecule has 0 aliphatic carbocycles. The van der Waals surface area contributed by atoms with Gasteiger partial charge >= 0.3 is 0 Å². The topological polar surface area (TPSA) is 52.3 Å². The summed E-state index contributed by atoms with van der Waals surface area (Å²) in [5.74, 6) is 0.780. The van der Waals surface area contributed by atoms with Crippen LogP contribution in [-0.2, 0) is 6.42 Å². The molecule has 0 bridgehead atoms. The molecule has 1 aromatic rings. The van der Waals surface area contributed by atoms with Crippen molar-refractivity contribution >= 4 is 6.29 Å². The van der Waals surface area contributed by atoms with E-state index in [2.05, 4.69) is 0 Å². The predicted molar refractivity (Wildman–Crippen MR) is 55.8 cm³/mol. The van der Waals surface area contributed by atoms with E-state index in [0.29, 0.717) is 6.54 Å². The molecule has 0 aliphatic rings. The molecule has 14 heavy (non-hydrogen) atoms. The number of carbonyl (C=O) groups is 1. The molecular weight excluding hydrogens is 178 g/mol. The summed E-state index contributed by atoms with van der Waals surface area (Å²) in [6.45, 7) is 0.634. The maximum Gasteiger partial charge on any atom is 0.150 e. The second-order valence-electron chi connectivity index (χ2n) is 3.07. The summed E-state index contributed by atoms with van der Waals surface area (Å²) in [5.41, 5.74) is 7.14. The van der Waals surface area contributed by atoms with Crippen molar-refractivity contribution in [2.75, 3.05) is 13.7 Å². The summed E-state index contributed by atoms with van der Waals surface area (Å²) in [5, 5.41) is 0. The van der Waals surface area contributed by atoms with Gasteiger partial charge in [0.05, 0.1) is 7.11 Å². The summed E-state index contributed by atoms with van der Waals surface area (Å²) in [7, 11) is 1.61. The maximum atomic E-state index is 10.7. The Morgan fingerprint density at radius 1 is 1.50 bits per heavy atom. The van der Waals surface area contributed by atoms with Crippen molar-refractivity contribution in [3.05, 3.63) is 29.3 Å². The summed E-state index contributed by atoms with van der Waals surface area (Å²) >= 11 is 0. The highest BCUT2D eigenvalue weighted by Gasteiger charge is 2.02. The fourth-order valence-electron chi connectivity index (χ4n) is 1.33. The lowest BCUT2D eigenvalue weighted by molar-refractivity contribution is 0.112. The zero-order valence-electron chi connectivity index (χ0n) is 8.32. The predicted octanol–water partition coefficient (Wildman–Crippen LogP) is 1.40. The van der Waals surface area contributed by atoms with Gasteiger partial charge in [0.25, 0.3) is 0 Å². The first-order valence-corrected chi connectivity index (χ1v) is 4.64. The second-order valence-corrected chi connectivity index (χ2v) is 3.07. The number of rotatable bonds is 5. The van der Waals surface area contributed by atoms with Gasteiger partial charge in [-0.25, -0.2) is 0 Å². The molecule has 0 saturated heterocycles. The Balaban J connectivity index is 2.90. The van der Waals surface area contributed by atoms with Crippen LogP contribution in [0.4, 0.5) is 0 Å². The number of carbonyl (C=O) groups excluding carboxylic acids is 1. The molecule has 0 spiro atoms. The SMILES string of the molecule is COc1ccc(C=O)c(CCCN)c1. The molecule has 0 atom stereocenters. The lowest BCUT2D eigenvalue weighted by Gasteiger charge is -2.06. The Kier molecular flexibility index (Phi) is 4.13. The highest BCUT2D eigenvalue weighted by atomic mass is 16.5. The van der Waals surface area contributed by atoms with Crippen molar-refractivity contribution in [2.45, 2.75) is 12.8 Å². The Labute approximate surface area is 83.9 Å². The van der Waals surface area contributed by atoms with E-state index in [0.717, 1.165) is 36.0 Å². The molecule has 0 aromatic heterocycles. The summed E-state index contributed by atoms with van der Waals surface area (Å²) < 4.78 is 5.09. The smallest absolute Gasteiger partial charge is 0.150 e. The van der Waals surface area contributed by atoms with Crippen LogP contribution in [0.15, 0.2) is 18.2 Å². The number of aldehydes is 1. The van der Waals surface area contributed by atoms with Gasteiger partial charge in [0, 0.05) is 5.56 Å². The molecular formula is C11H15NO2. The molecule has 0 aliphatic heterocycles. The van der Waals surface area contributed by atoms with Crippen molar-refractivity contribution in [3.8, 4) is 5.75 Å². The molecule has 3 heteroatoms. The Morgan fingerprint density at radius 2 is 2.29 bits per heavy atom. The molecule has 0 saturated carbocycles. The first-order valence-electron chi connectivity index (χ1n) is 4.64. The highest BCUT2D eigenvalue weighted by molar-refractivity contribution is 5.77. The van der Waals surface area contributed by atoms with Gasteiger partial charge in [0.1, 0.15) is 12.0 Å². The fraction of sp³-hybridized carbons (Fsp3) is 0.364. The van der Waals surface area contributed by atoms with E-state index in [1.807, 2.05) is 6.07 Å². The average Bonchev–Trinajstić information content (AvgIpc) is 2.25. The van der Waals surface area contributed by atoms with Gasteiger partial charge < -0.3 is 10.5 Å². The van der Waals surface area contributed by atoms with E-state index in [1.165, 1.54) is 0 Å². The van der Waals surface area contributed by atoms with Crippen LogP contribution in [0.3, 0.4) is 0 Å². The van der Waals surface area contributed by atoms with Crippen molar-refractivity contribution < 1.29 is 9.53 Å². The minimum atomic E-state index is 0.634. The van der Waals surface area contributed by atoms with Gasteiger partial charge in [-0.15, -0.1) is 0 Å². The van der Waals surface area contributed by atoms with Gasteiger partial charge in [0.15, 0.2) is 0 Å². The van der Waals surface area contributed by atoms with Gasteiger partial charge in [-0.2, -0.15) is 0 Å². The number of nitrogens with two attached hydrogens (primary N) is 1. The maximum absolute atomic E-state index is 10.7. The third-order valence-electron chi connectivity index (χ3n) is 2.13. The second kappa shape index (κ2) is 5.40. The quantitative estimate of drug-likeness (QED) is 0.719. The molecule has 0 heterocycles. The van der Waals surface area contributed by atoms with Crippen LogP contribution in [0.5, 0.6) is 5.75 Å². The van der Waals surface area contributed by atoms with Gasteiger partial charge in [-0.3, -0.25) is 4.79 Å². The number of ether oxygens (including phenoxy) is 1.